The van der Waals surface area contributed by atoms with E-state index in [0.717, 1.165) is 16.7 Å². The highest BCUT2D eigenvalue weighted by molar-refractivity contribution is 8.13. The second kappa shape index (κ2) is 6.28. The van der Waals surface area contributed by atoms with Gasteiger partial charge in [0.1, 0.15) is 5.75 Å². The van der Waals surface area contributed by atoms with Crippen molar-refractivity contribution in [2.45, 2.75) is 52.4 Å². The van der Waals surface area contributed by atoms with Crippen LogP contribution in [0.5, 0.6) is 5.75 Å². The van der Waals surface area contributed by atoms with Crippen LogP contribution in [0.15, 0.2) is 22.9 Å². The lowest BCUT2D eigenvalue weighted by Crippen LogP contribution is -2.17. The first-order valence-electron chi connectivity index (χ1n) is 7.88. The number of benzene rings is 1. The first-order chi connectivity index (χ1) is 10.9. The Kier molecular flexibility index (Phi) is 4.86. The molecule has 0 saturated carbocycles. The monoisotopic (exact) mass is 347 g/mol. The van der Waals surface area contributed by atoms with Gasteiger partial charge in [-0.2, -0.15) is 4.99 Å². The quantitative estimate of drug-likeness (QED) is 0.754. The number of hydrogen-bond donors (Lipinski definition) is 1. The molecule has 0 atom stereocenters. The molecular weight excluding hydrogens is 322 g/mol. The number of aromatic hydroxyl groups is 1. The van der Waals surface area contributed by atoms with Gasteiger partial charge in [-0.1, -0.05) is 53.3 Å². The van der Waals surface area contributed by atoms with Crippen molar-refractivity contribution in [2.75, 3.05) is 6.26 Å². The molecule has 0 aromatic heterocycles. The van der Waals surface area contributed by atoms with Gasteiger partial charge in [0.25, 0.3) is 5.23 Å². The van der Waals surface area contributed by atoms with Gasteiger partial charge in [-0.15, -0.1) is 0 Å². The van der Waals surface area contributed by atoms with Crippen molar-refractivity contribution in [3.63, 3.8) is 0 Å². The summed E-state index contributed by atoms with van der Waals surface area (Å²) in [5.74, 6) is 0.156. The van der Waals surface area contributed by atoms with Gasteiger partial charge in [0.15, 0.2) is 5.76 Å². The van der Waals surface area contributed by atoms with E-state index in [1.807, 2.05) is 18.4 Å². The molecule has 1 N–H and O–H groups in total. The van der Waals surface area contributed by atoms with E-state index >= 15 is 0 Å². The minimum absolute atomic E-state index is 0.213. The van der Waals surface area contributed by atoms with Gasteiger partial charge in [-0.05, 0) is 40.9 Å². The van der Waals surface area contributed by atoms with Crippen LogP contribution < -0.4 is 0 Å². The summed E-state index contributed by atoms with van der Waals surface area (Å²) in [5, 5.41) is 11.1. The summed E-state index contributed by atoms with van der Waals surface area (Å²) < 4.78 is 5.47. The Labute approximate surface area is 148 Å². The van der Waals surface area contributed by atoms with Crippen LogP contribution in [0.25, 0.3) is 6.08 Å². The van der Waals surface area contributed by atoms with Crippen LogP contribution in [0, 0.1) is 0 Å². The molecule has 2 rings (SSSR count). The van der Waals surface area contributed by atoms with Crippen LogP contribution in [-0.2, 0) is 20.4 Å². The lowest BCUT2D eigenvalue weighted by molar-refractivity contribution is -0.115. The number of amides is 1. The molecule has 1 aliphatic rings. The zero-order valence-electron chi connectivity index (χ0n) is 15.4. The van der Waals surface area contributed by atoms with Crippen LogP contribution in [0.3, 0.4) is 0 Å². The van der Waals surface area contributed by atoms with E-state index < -0.39 is 0 Å². The first-order valence-corrected chi connectivity index (χ1v) is 9.10. The predicted molar refractivity (Wildman–Crippen MR) is 101 cm³/mol. The number of carbonyl (C=O) groups is 1. The minimum atomic E-state index is -0.373. The Morgan fingerprint density at radius 3 is 1.96 bits per heavy atom. The lowest BCUT2D eigenvalue weighted by Gasteiger charge is -2.27. The zero-order valence-corrected chi connectivity index (χ0v) is 16.2. The summed E-state index contributed by atoms with van der Waals surface area (Å²) in [6.07, 6.45) is 3.50. The van der Waals surface area contributed by atoms with Crippen LogP contribution >= 0.6 is 11.8 Å². The van der Waals surface area contributed by atoms with Gasteiger partial charge in [0, 0.05) is 11.1 Å². The summed E-state index contributed by atoms with van der Waals surface area (Å²) in [5.41, 5.74) is 2.07. The molecule has 0 fully saturated rings. The van der Waals surface area contributed by atoms with Gasteiger partial charge in [0.2, 0.25) is 0 Å². The zero-order chi connectivity index (χ0) is 18.3. The number of aliphatic imine (C=N–C) groups is 1. The summed E-state index contributed by atoms with van der Waals surface area (Å²) in [6.45, 7) is 12.3. The molecule has 0 spiro atoms. The Hall–Kier alpha value is -1.75. The fourth-order valence-electron chi connectivity index (χ4n) is 2.51. The third kappa shape index (κ3) is 3.83. The van der Waals surface area contributed by atoms with Crippen molar-refractivity contribution in [3.05, 3.63) is 34.6 Å². The van der Waals surface area contributed by atoms with Crippen molar-refractivity contribution in [1.29, 1.82) is 0 Å². The van der Waals surface area contributed by atoms with E-state index in [4.69, 9.17) is 4.74 Å². The lowest BCUT2D eigenvalue weighted by atomic mass is 9.78. The van der Waals surface area contributed by atoms with Gasteiger partial charge in [0.05, 0.1) is 0 Å². The molecule has 0 aliphatic carbocycles. The maximum Gasteiger partial charge on any atom is 0.316 e. The van der Waals surface area contributed by atoms with E-state index in [2.05, 4.69) is 46.5 Å². The molecule has 1 aliphatic heterocycles. The first kappa shape index (κ1) is 18.6. The third-order valence-electron chi connectivity index (χ3n) is 3.82. The molecule has 1 aromatic rings. The molecule has 1 heterocycles. The Bertz CT molecular complexity index is 699. The average Bonchev–Trinajstić information content (AvgIpc) is 2.78. The summed E-state index contributed by atoms with van der Waals surface area (Å²) in [7, 11) is 0. The number of phenolic OH excluding ortho intramolecular Hbond substituents is 1. The van der Waals surface area contributed by atoms with E-state index in [-0.39, 0.29) is 22.5 Å². The predicted octanol–water partition coefficient (Wildman–Crippen LogP) is 4.60. The molecule has 0 radical (unpaired) electrons. The molecular formula is C19H25NO3S. The Morgan fingerprint density at radius 2 is 1.58 bits per heavy atom. The highest BCUT2D eigenvalue weighted by Gasteiger charge is 2.27. The number of carbonyl (C=O) groups excluding carboxylic acids is 1. The van der Waals surface area contributed by atoms with Crippen LogP contribution in [-0.4, -0.2) is 22.5 Å². The molecule has 0 saturated heterocycles. The maximum absolute atomic E-state index is 11.9. The summed E-state index contributed by atoms with van der Waals surface area (Å²) in [6, 6.07) is 3.82. The molecule has 4 nitrogen and oxygen atoms in total. The smallest absolute Gasteiger partial charge is 0.316 e. The van der Waals surface area contributed by atoms with E-state index in [1.165, 1.54) is 11.8 Å². The third-order valence-corrected chi connectivity index (χ3v) is 4.35. The van der Waals surface area contributed by atoms with Crippen molar-refractivity contribution >= 4 is 29.0 Å². The van der Waals surface area contributed by atoms with Crippen LogP contribution in [0.4, 0.5) is 0 Å². The molecule has 1 aromatic carbocycles. The van der Waals surface area contributed by atoms with Crippen molar-refractivity contribution in [3.8, 4) is 5.75 Å². The SMILES string of the molecule is CSC1=NC(=O)/C(=C/c2cc(C(C)(C)C)c(O)c(C(C)(C)C)c2)O1. The normalized spacial score (nSPS) is 17.2. The highest BCUT2D eigenvalue weighted by atomic mass is 32.2. The Morgan fingerprint density at radius 1 is 1.08 bits per heavy atom. The van der Waals surface area contributed by atoms with Crippen molar-refractivity contribution in [2.24, 2.45) is 4.99 Å². The number of ether oxygens (including phenoxy) is 1. The number of rotatable bonds is 1. The van der Waals surface area contributed by atoms with E-state index in [0.29, 0.717) is 11.0 Å². The minimum Gasteiger partial charge on any atom is -0.507 e. The Balaban J connectivity index is 2.58. The number of nitrogens with zero attached hydrogens (tertiary/aromatic N) is 1. The fraction of sp³-hybridized carbons (Fsp3) is 0.474. The van der Waals surface area contributed by atoms with E-state index in [1.54, 1.807) is 6.08 Å². The molecule has 0 bridgehead atoms. The summed E-state index contributed by atoms with van der Waals surface area (Å²) in [4.78, 5) is 15.8. The largest absolute Gasteiger partial charge is 0.507 e. The molecule has 0 unspecified atom stereocenters. The van der Waals surface area contributed by atoms with E-state index in [9.17, 15) is 9.90 Å². The van der Waals surface area contributed by atoms with Gasteiger partial charge in [-0.3, -0.25) is 4.79 Å². The summed E-state index contributed by atoms with van der Waals surface area (Å²) >= 11 is 1.29. The number of phenols is 1. The highest BCUT2D eigenvalue weighted by Crippen LogP contribution is 2.40. The molecule has 1 amide bonds. The van der Waals surface area contributed by atoms with Crippen LogP contribution in [0.1, 0.15) is 58.2 Å². The maximum atomic E-state index is 11.9. The van der Waals surface area contributed by atoms with Gasteiger partial charge < -0.3 is 9.84 Å². The number of thioether (sulfide) groups is 1. The standard InChI is InChI=1S/C19H25NO3S/c1-18(2,3)12-8-11(9-13(15(12)21)19(4,5)6)10-14-16(22)20-17(23-14)24-7/h8-10,21H,1-7H3/b14-10-. The molecule has 24 heavy (non-hydrogen) atoms. The fourth-order valence-corrected chi connectivity index (χ4v) is 2.86. The van der Waals surface area contributed by atoms with Crippen molar-refractivity contribution in [1.82, 2.24) is 0 Å². The van der Waals surface area contributed by atoms with Crippen molar-refractivity contribution < 1.29 is 14.6 Å². The van der Waals surface area contributed by atoms with Gasteiger partial charge >= 0.3 is 5.91 Å². The van der Waals surface area contributed by atoms with Gasteiger partial charge in [-0.25, -0.2) is 0 Å². The second-order valence-corrected chi connectivity index (χ2v) is 8.72. The average molecular weight is 347 g/mol. The number of hydrogen-bond acceptors (Lipinski definition) is 4. The molecule has 130 valence electrons. The second-order valence-electron chi connectivity index (χ2n) is 7.96. The molecule has 5 heteroatoms. The van der Waals surface area contributed by atoms with Crippen LogP contribution in [0.2, 0.25) is 0 Å². The topological polar surface area (TPSA) is 58.9 Å².